The van der Waals surface area contributed by atoms with E-state index in [1.807, 2.05) is 24.7 Å². The van der Waals surface area contributed by atoms with E-state index in [0.29, 0.717) is 23.6 Å². The van der Waals surface area contributed by atoms with E-state index in [9.17, 15) is 4.79 Å². The van der Waals surface area contributed by atoms with E-state index in [0.717, 1.165) is 17.6 Å². The van der Waals surface area contributed by atoms with Crippen LogP contribution in [0.5, 0.6) is 0 Å². The first kappa shape index (κ1) is 14.8. The molecule has 24 heavy (non-hydrogen) atoms. The number of rotatable bonds is 3. The fraction of sp³-hybridized carbons (Fsp3) is 0.375. The van der Waals surface area contributed by atoms with Crippen LogP contribution in [-0.2, 0) is 11.8 Å². The summed E-state index contributed by atoms with van der Waals surface area (Å²) in [5.74, 6) is 0.612. The number of hydrogen-bond acceptors (Lipinski definition) is 6. The van der Waals surface area contributed by atoms with Gasteiger partial charge in [0.05, 0.1) is 22.7 Å². The van der Waals surface area contributed by atoms with Gasteiger partial charge < -0.3 is 19.1 Å². The van der Waals surface area contributed by atoms with Gasteiger partial charge in [0.2, 0.25) is 0 Å². The Bertz CT molecular complexity index is 900. The van der Waals surface area contributed by atoms with Crippen LogP contribution in [0.2, 0.25) is 0 Å². The fourth-order valence-corrected chi connectivity index (χ4v) is 2.96. The van der Waals surface area contributed by atoms with Gasteiger partial charge in [0.15, 0.2) is 0 Å². The SMILES string of the molecule is Cc1noc2ncc(C(=O)N[C@H]3CCO[C@@H]3c3nccn3C)cc12. The van der Waals surface area contributed by atoms with Gasteiger partial charge in [-0.05, 0) is 19.4 Å². The number of amides is 1. The van der Waals surface area contributed by atoms with Crippen molar-refractivity contribution in [3.63, 3.8) is 0 Å². The number of fused-ring (bicyclic) bond motifs is 1. The lowest BCUT2D eigenvalue weighted by molar-refractivity contribution is 0.0779. The highest BCUT2D eigenvalue weighted by Gasteiger charge is 2.33. The van der Waals surface area contributed by atoms with Gasteiger partial charge in [-0.3, -0.25) is 4.79 Å². The number of nitrogens with one attached hydrogen (secondary N) is 1. The van der Waals surface area contributed by atoms with E-state index >= 15 is 0 Å². The summed E-state index contributed by atoms with van der Waals surface area (Å²) < 4.78 is 12.7. The summed E-state index contributed by atoms with van der Waals surface area (Å²) in [6, 6.07) is 1.62. The molecule has 3 aromatic heterocycles. The molecular weight excluding hydrogens is 310 g/mol. The zero-order chi connectivity index (χ0) is 16.7. The molecule has 1 fully saturated rings. The molecule has 0 bridgehead atoms. The van der Waals surface area contributed by atoms with Gasteiger partial charge in [0.1, 0.15) is 11.9 Å². The van der Waals surface area contributed by atoms with Crippen LogP contribution in [0.15, 0.2) is 29.2 Å². The van der Waals surface area contributed by atoms with E-state index in [4.69, 9.17) is 9.26 Å². The molecule has 1 N–H and O–H groups in total. The van der Waals surface area contributed by atoms with Crippen LogP contribution >= 0.6 is 0 Å². The predicted octanol–water partition coefficient (Wildman–Crippen LogP) is 1.52. The molecule has 4 rings (SSSR count). The Morgan fingerprint density at radius 1 is 1.42 bits per heavy atom. The molecule has 1 aliphatic rings. The zero-order valence-electron chi connectivity index (χ0n) is 13.4. The Morgan fingerprint density at radius 2 is 2.29 bits per heavy atom. The first-order valence-electron chi connectivity index (χ1n) is 7.75. The summed E-state index contributed by atoms with van der Waals surface area (Å²) in [4.78, 5) is 21.1. The minimum absolute atomic E-state index is 0.127. The third kappa shape index (κ3) is 2.44. The third-order valence-electron chi connectivity index (χ3n) is 4.29. The molecule has 124 valence electrons. The molecule has 0 radical (unpaired) electrons. The maximum Gasteiger partial charge on any atom is 0.257 e. The fourth-order valence-electron chi connectivity index (χ4n) is 2.96. The van der Waals surface area contributed by atoms with Crippen LogP contribution in [0.3, 0.4) is 0 Å². The lowest BCUT2D eigenvalue weighted by atomic mass is 10.1. The normalized spacial score (nSPS) is 20.6. The number of hydrogen-bond donors (Lipinski definition) is 1. The average Bonchev–Trinajstić information content (AvgIpc) is 3.28. The van der Waals surface area contributed by atoms with Gasteiger partial charge >= 0.3 is 0 Å². The molecule has 3 aromatic rings. The highest BCUT2D eigenvalue weighted by atomic mass is 16.5. The van der Waals surface area contributed by atoms with Crippen LogP contribution in [0, 0.1) is 6.92 Å². The van der Waals surface area contributed by atoms with Crippen molar-refractivity contribution >= 4 is 17.0 Å². The number of imidazole rings is 1. The molecule has 1 aliphatic heterocycles. The van der Waals surface area contributed by atoms with Gasteiger partial charge in [-0.2, -0.15) is 0 Å². The van der Waals surface area contributed by atoms with Crippen LogP contribution < -0.4 is 5.32 Å². The van der Waals surface area contributed by atoms with E-state index in [2.05, 4.69) is 20.4 Å². The van der Waals surface area contributed by atoms with Crippen molar-refractivity contribution in [1.29, 1.82) is 0 Å². The Hall–Kier alpha value is -2.74. The summed E-state index contributed by atoms with van der Waals surface area (Å²) in [7, 11) is 1.91. The van der Waals surface area contributed by atoms with E-state index in [1.54, 1.807) is 12.3 Å². The Kier molecular flexibility index (Phi) is 3.53. The number of carbonyl (C=O) groups is 1. The average molecular weight is 327 g/mol. The van der Waals surface area contributed by atoms with Crippen molar-refractivity contribution in [2.24, 2.45) is 7.05 Å². The van der Waals surface area contributed by atoms with Crippen LogP contribution in [0.1, 0.15) is 34.4 Å². The molecule has 1 amide bonds. The van der Waals surface area contributed by atoms with E-state index < -0.39 is 0 Å². The van der Waals surface area contributed by atoms with Crippen molar-refractivity contribution in [2.75, 3.05) is 6.61 Å². The lowest BCUT2D eigenvalue weighted by Gasteiger charge is -2.19. The maximum absolute atomic E-state index is 12.6. The monoisotopic (exact) mass is 327 g/mol. The maximum atomic E-state index is 12.6. The van der Waals surface area contributed by atoms with Crippen molar-refractivity contribution in [1.82, 2.24) is 25.0 Å². The molecular formula is C16H17N5O3. The number of carbonyl (C=O) groups excluding carboxylic acids is 1. The summed E-state index contributed by atoms with van der Waals surface area (Å²) in [5.41, 5.74) is 1.61. The van der Waals surface area contributed by atoms with Gasteiger partial charge in [-0.1, -0.05) is 5.16 Å². The molecule has 2 atom stereocenters. The van der Waals surface area contributed by atoms with Crippen LogP contribution in [0.25, 0.3) is 11.1 Å². The number of pyridine rings is 1. The Morgan fingerprint density at radius 3 is 3.08 bits per heavy atom. The van der Waals surface area contributed by atoms with Crippen molar-refractivity contribution in [3.8, 4) is 0 Å². The number of ether oxygens (including phenoxy) is 1. The quantitative estimate of drug-likeness (QED) is 0.784. The minimum Gasteiger partial charge on any atom is -0.368 e. The lowest BCUT2D eigenvalue weighted by Crippen LogP contribution is -2.37. The molecule has 0 aliphatic carbocycles. The van der Waals surface area contributed by atoms with Crippen molar-refractivity contribution < 1.29 is 14.1 Å². The summed E-state index contributed by atoms with van der Waals surface area (Å²) >= 11 is 0. The molecule has 8 heteroatoms. The molecule has 0 spiro atoms. The topological polar surface area (TPSA) is 95.1 Å². The minimum atomic E-state index is -0.247. The number of aromatic nitrogens is 4. The zero-order valence-corrected chi connectivity index (χ0v) is 13.4. The van der Waals surface area contributed by atoms with Crippen molar-refractivity contribution in [3.05, 3.63) is 41.7 Å². The highest BCUT2D eigenvalue weighted by Crippen LogP contribution is 2.28. The Balaban J connectivity index is 1.56. The summed E-state index contributed by atoms with van der Waals surface area (Å²) in [5, 5.41) is 7.63. The largest absolute Gasteiger partial charge is 0.368 e. The third-order valence-corrected chi connectivity index (χ3v) is 4.29. The van der Waals surface area contributed by atoms with Gasteiger partial charge in [-0.25, -0.2) is 9.97 Å². The first-order chi connectivity index (χ1) is 11.6. The van der Waals surface area contributed by atoms with Crippen molar-refractivity contribution in [2.45, 2.75) is 25.5 Å². The van der Waals surface area contributed by atoms with Gasteiger partial charge in [0, 0.05) is 32.2 Å². The van der Waals surface area contributed by atoms with Gasteiger partial charge in [-0.15, -0.1) is 0 Å². The molecule has 0 saturated carbocycles. The molecule has 0 unspecified atom stereocenters. The summed E-state index contributed by atoms with van der Waals surface area (Å²) in [6.07, 6.45) is 5.58. The highest BCUT2D eigenvalue weighted by molar-refractivity contribution is 5.97. The standard InChI is InChI=1S/C16H17N5O3/c1-9-11-7-10(8-18-16(11)24-20-9)15(22)19-12-3-6-23-13(12)14-17-4-5-21(14)2/h4-5,7-8,12-13H,3,6H2,1-2H3,(H,19,22)/t12-,13-/m0/s1. The van der Waals surface area contributed by atoms with E-state index in [1.165, 1.54) is 6.20 Å². The molecule has 4 heterocycles. The smallest absolute Gasteiger partial charge is 0.257 e. The molecule has 8 nitrogen and oxygen atoms in total. The second-order valence-corrected chi connectivity index (χ2v) is 5.90. The Labute approximate surface area is 137 Å². The van der Waals surface area contributed by atoms with Crippen LogP contribution in [0.4, 0.5) is 0 Å². The number of nitrogens with zero attached hydrogens (tertiary/aromatic N) is 4. The second kappa shape index (κ2) is 5.72. The van der Waals surface area contributed by atoms with Crippen LogP contribution in [-0.4, -0.2) is 38.2 Å². The first-order valence-corrected chi connectivity index (χ1v) is 7.75. The molecule has 0 aromatic carbocycles. The second-order valence-electron chi connectivity index (χ2n) is 5.90. The van der Waals surface area contributed by atoms with Gasteiger partial charge in [0.25, 0.3) is 11.6 Å². The number of aryl methyl sites for hydroxylation is 2. The van der Waals surface area contributed by atoms with E-state index in [-0.39, 0.29) is 18.1 Å². The summed E-state index contributed by atoms with van der Waals surface area (Å²) in [6.45, 7) is 2.40. The molecule has 1 saturated heterocycles. The predicted molar refractivity (Wildman–Crippen MR) is 84.3 cm³/mol.